The molecule has 3 rings (SSSR count). The normalized spacial score (nSPS) is 14.2. The van der Waals surface area contributed by atoms with E-state index in [2.05, 4.69) is 27.9 Å². The van der Waals surface area contributed by atoms with Crippen LogP contribution in [0.4, 0.5) is 5.69 Å². The molecule has 1 amide bonds. The molecule has 23 heavy (non-hydrogen) atoms. The molecular weight excluding hydrogens is 409 g/mol. The predicted molar refractivity (Wildman–Crippen MR) is 95.2 cm³/mol. The molecule has 6 heteroatoms. The third-order valence-corrected chi connectivity index (χ3v) is 4.47. The first-order valence-electron chi connectivity index (χ1n) is 7.23. The summed E-state index contributed by atoms with van der Waals surface area (Å²) in [6.07, 6.45) is -0.740. The highest BCUT2D eigenvalue weighted by atomic mass is 127. The van der Waals surface area contributed by atoms with Crippen LogP contribution in [0.15, 0.2) is 36.4 Å². The number of aliphatic hydroxyl groups is 1. The number of rotatable bonds is 3. The molecule has 2 aromatic carbocycles. The monoisotopic (exact) mass is 425 g/mol. The van der Waals surface area contributed by atoms with E-state index < -0.39 is 6.10 Å². The van der Waals surface area contributed by atoms with Crippen LogP contribution < -0.4 is 14.8 Å². The van der Waals surface area contributed by atoms with Crippen LogP contribution in [0.2, 0.25) is 0 Å². The van der Waals surface area contributed by atoms with Crippen molar-refractivity contribution in [3.05, 3.63) is 51.1 Å². The van der Waals surface area contributed by atoms with Crippen LogP contribution in [-0.2, 0) is 0 Å². The Morgan fingerprint density at radius 1 is 1.22 bits per heavy atom. The van der Waals surface area contributed by atoms with Gasteiger partial charge in [0.15, 0.2) is 11.5 Å². The number of carbonyl (C=O) groups excluding carboxylic acids is 1. The Bertz CT molecular complexity index is 745. The van der Waals surface area contributed by atoms with E-state index in [1.54, 1.807) is 25.1 Å². The van der Waals surface area contributed by atoms with Gasteiger partial charge in [-0.15, -0.1) is 0 Å². The second kappa shape index (κ2) is 6.76. The smallest absolute Gasteiger partial charge is 0.256 e. The molecule has 0 saturated carbocycles. The Morgan fingerprint density at radius 2 is 1.87 bits per heavy atom. The Balaban J connectivity index is 1.95. The standard InChI is InChI=1S/C17H16INO4/c1-10(20)12-8-15-16(23-7-6-22-15)9-14(12)19-17(21)11-4-2-3-5-13(11)18/h2-5,8-10,20H,6-7H2,1H3,(H,19,21)/t10-/m0/s1. The number of fused-ring (bicyclic) bond motifs is 1. The quantitative estimate of drug-likeness (QED) is 0.741. The zero-order chi connectivity index (χ0) is 16.4. The van der Waals surface area contributed by atoms with Crippen LogP contribution in [0.3, 0.4) is 0 Å². The minimum atomic E-state index is -0.740. The van der Waals surface area contributed by atoms with Crippen molar-refractivity contribution in [1.29, 1.82) is 0 Å². The number of benzene rings is 2. The van der Waals surface area contributed by atoms with Gasteiger partial charge in [-0.25, -0.2) is 0 Å². The van der Waals surface area contributed by atoms with Crippen molar-refractivity contribution >= 4 is 34.2 Å². The average Bonchev–Trinajstić information content (AvgIpc) is 2.54. The maximum atomic E-state index is 12.5. The molecule has 0 saturated heterocycles. The first-order chi connectivity index (χ1) is 11.1. The van der Waals surface area contributed by atoms with Gasteiger partial charge in [0, 0.05) is 15.2 Å². The maximum Gasteiger partial charge on any atom is 0.256 e. The Labute approximate surface area is 147 Å². The van der Waals surface area contributed by atoms with Crippen molar-refractivity contribution in [2.45, 2.75) is 13.0 Å². The van der Waals surface area contributed by atoms with Crippen molar-refractivity contribution in [2.75, 3.05) is 18.5 Å². The topological polar surface area (TPSA) is 67.8 Å². The minimum Gasteiger partial charge on any atom is -0.486 e. The zero-order valence-corrected chi connectivity index (χ0v) is 14.7. The maximum absolute atomic E-state index is 12.5. The second-order valence-corrected chi connectivity index (χ2v) is 6.36. The summed E-state index contributed by atoms with van der Waals surface area (Å²) in [6.45, 7) is 2.58. The molecule has 2 N–H and O–H groups in total. The predicted octanol–water partition coefficient (Wildman–Crippen LogP) is 3.37. The number of anilines is 1. The van der Waals surface area contributed by atoms with Gasteiger partial charge in [0.1, 0.15) is 13.2 Å². The zero-order valence-electron chi connectivity index (χ0n) is 12.5. The Morgan fingerprint density at radius 3 is 2.52 bits per heavy atom. The summed E-state index contributed by atoms with van der Waals surface area (Å²) in [4.78, 5) is 12.5. The van der Waals surface area contributed by atoms with E-state index in [9.17, 15) is 9.90 Å². The number of ether oxygens (including phenoxy) is 2. The van der Waals surface area contributed by atoms with E-state index in [0.29, 0.717) is 41.5 Å². The van der Waals surface area contributed by atoms with Crippen molar-refractivity contribution in [2.24, 2.45) is 0 Å². The molecule has 1 aliphatic heterocycles. The van der Waals surface area contributed by atoms with E-state index in [1.165, 1.54) is 0 Å². The van der Waals surface area contributed by atoms with Gasteiger partial charge in [0.05, 0.1) is 17.4 Å². The van der Waals surface area contributed by atoms with E-state index >= 15 is 0 Å². The van der Waals surface area contributed by atoms with Gasteiger partial charge in [-0.3, -0.25) is 4.79 Å². The summed E-state index contributed by atoms with van der Waals surface area (Å²) in [5.74, 6) is 0.923. The van der Waals surface area contributed by atoms with Gasteiger partial charge < -0.3 is 19.9 Å². The highest BCUT2D eigenvalue weighted by Gasteiger charge is 2.20. The number of halogens is 1. The summed E-state index contributed by atoms with van der Waals surface area (Å²) in [5.41, 5.74) is 1.70. The highest BCUT2D eigenvalue weighted by Crippen LogP contribution is 2.38. The lowest BCUT2D eigenvalue weighted by Gasteiger charge is -2.22. The van der Waals surface area contributed by atoms with Crippen LogP contribution >= 0.6 is 22.6 Å². The van der Waals surface area contributed by atoms with E-state index in [1.807, 2.05) is 18.2 Å². The van der Waals surface area contributed by atoms with E-state index in [-0.39, 0.29) is 5.91 Å². The highest BCUT2D eigenvalue weighted by molar-refractivity contribution is 14.1. The molecule has 0 aromatic heterocycles. The van der Waals surface area contributed by atoms with Gasteiger partial charge >= 0.3 is 0 Å². The molecule has 2 aromatic rings. The minimum absolute atomic E-state index is 0.228. The van der Waals surface area contributed by atoms with Gasteiger partial charge in [0.25, 0.3) is 5.91 Å². The van der Waals surface area contributed by atoms with Crippen LogP contribution in [0.1, 0.15) is 28.9 Å². The van der Waals surface area contributed by atoms with Crippen LogP contribution in [-0.4, -0.2) is 24.2 Å². The van der Waals surface area contributed by atoms with Gasteiger partial charge in [-0.05, 0) is 47.7 Å². The van der Waals surface area contributed by atoms with Crippen LogP contribution in [0.25, 0.3) is 0 Å². The lowest BCUT2D eigenvalue weighted by molar-refractivity contribution is 0.102. The molecule has 1 aliphatic rings. The van der Waals surface area contributed by atoms with Crippen molar-refractivity contribution in [3.63, 3.8) is 0 Å². The molecular formula is C17H16INO4. The van der Waals surface area contributed by atoms with Crippen LogP contribution in [0, 0.1) is 3.57 Å². The van der Waals surface area contributed by atoms with E-state index in [0.717, 1.165) is 3.57 Å². The molecule has 0 bridgehead atoms. The summed E-state index contributed by atoms with van der Waals surface area (Å²) in [5, 5.41) is 12.9. The van der Waals surface area contributed by atoms with Crippen molar-refractivity contribution < 1.29 is 19.4 Å². The number of nitrogens with one attached hydrogen (secondary N) is 1. The van der Waals surface area contributed by atoms with Gasteiger partial charge in [-0.2, -0.15) is 0 Å². The summed E-state index contributed by atoms with van der Waals surface area (Å²) >= 11 is 2.12. The second-order valence-electron chi connectivity index (χ2n) is 5.19. The molecule has 1 atom stereocenters. The molecule has 0 unspecified atom stereocenters. The van der Waals surface area contributed by atoms with Crippen molar-refractivity contribution in [1.82, 2.24) is 0 Å². The fraction of sp³-hybridized carbons (Fsp3) is 0.235. The molecule has 0 aliphatic carbocycles. The third-order valence-electron chi connectivity index (χ3n) is 3.53. The largest absolute Gasteiger partial charge is 0.486 e. The third kappa shape index (κ3) is 3.42. The number of aliphatic hydroxyl groups excluding tert-OH is 1. The molecule has 0 fully saturated rings. The SMILES string of the molecule is C[C@H](O)c1cc2c(cc1NC(=O)c1ccccc1I)OCCO2. The lowest BCUT2D eigenvalue weighted by Crippen LogP contribution is -2.18. The first-order valence-corrected chi connectivity index (χ1v) is 8.31. The molecule has 5 nitrogen and oxygen atoms in total. The van der Waals surface area contributed by atoms with Crippen LogP contribution in [0.5, 0.6) is 11.5 Å². The molecule has 0 radical (unpaired) electrons. The number of hydrogen-bond acceptors (Lipinski definition) is 4. The number of carbonyl (C=O) groups is 1. The number of hydrogen-bond donors (Lipinski definition) is 2. The summed E-state index contributed by atoms with van der Waals surface area (Å²) < 4.78 is 11.9. The Hall–Kier alpha value is -1.80. The fourth-order valence-electron chi connectivity index (χ4n) is 2.39. The first kappa shape index (κ1) is 16.1. The Kier molecular flexibility index (Phi) is 4.72. The van der Waals surface area contributed by atoms with E-state index in [4.69, 9.17) is 9.47 Å². The lowest BCUT2D eigenvalue weighted by atomic mass is 10.1. The summed E-state index contributed by atoms with van der Waals surface area (Å²) in [6, 6.07) is 10.7. The van der Waals surface area contributed by atoms with Gasteiger partial charge in [-0.1, -0.05) is 12.1 Å². The molecule has 0 spiro atoms. The van der Waals surface area contributed by atoms with Crippen molar-refractivity contribution in [3.8, 4) is 11.5 Å². The number of amides is 1. The van der Waals surface area contributed by atoms with Gasteiger partial charge in [0.2, 0.25) is 0 Å². The summed E-state index contributed by atoms with van der Waals surface area (Å²) in [7, 11) is 0. The average molecular weight is 425 g/mol. The fourth-order valence-corrected chi connectivity index (χ4v) is 3.03. The molecule has 1 heterocycles. The molecule has 120 valence electrons.